The summed E-state index contributed by atoms with van der Waals surface area (Å²) >= 11 is 12.4. The van der Waals surface area contributed by atoms with Gasteiger partial charge in [-0.1, -0.05) is 42.8 Å². The molecule has 5 nitrogen and oxygen atoms in total. The first-order chi connectivity index (χ1) is 13.1. The van der Waals surface area contributed by atoms with Crippen LogP contribution in [0.5, 0.6) is 11.5 Å². The first-order valence-corrected chi connectivity index (χ1v) is 13.6. The molecule has 0 saturated heterocycles. The highest BCUT2D eigenvalue weighted by molar-refractivity contribution is 6.76. The molecule has 3 aromatic rings. The molecule has 0 radical (unpaired) electrons. The largest absolute Gasteiger partial charge is 0.454 e. The van der Waals surface area contributed by atoms with Crippen molar-refractivity contribution in [3.8, 4) is 11.5 Å². The van der Waals surface area contributed by atoms with Gasteiger partial charge in [-0.15, -0.1) is 0 Å². The summed E-state index contributed by atoms with van der Waals surface area (Å²) in [6, 6.07) is 10.1. The molecule has 0 spiro atoms. The van der Waals surface area contributed by atoms with E-state index in [0.717, 1.165) is 29.2 Å². The van der Waals surface area contributed by atoms with Crippen LogP contribution < -0.4 is 10.5 Å². The monoisotopic (exact) mass is 437 g/mol. The summed E-state index contributed by atoms with van der Waals surface area (Å²) < 4.78 is 13.6. The number of anilines is 1. The lowest BCUT2D eigenvalue weighted by Gasteiger charge is -2.15. The van der Waals surface area contributed by atoms with E-state index >= 15 is 0 Å². The van der Waals surface area contributed by atoms with E-state index in [-0.39, 0.29) is 0 Å². The Bertz CT molecular complexity index is 976. The van der Waals surface area contributed by atoms with Gasteiger partial charge in [-0.3, -0.25) is 0 Å². The first-order valence-electron chi connectivity index (χ1n) is 9.11. The third kappa shape index (κ3) is 5.00. The summed E-state index contributed by atoms with van der Waals surface area (Å²) in [6.07, 6.45) is 0. The zero-order valence-corrected chi connectivity index (χ0v) is 19.1. The van der Waals surface area contributed by atoms with Crippen molar-refractivity contribution in [3.05, 3.63) is 46.1 Å². The van der Waals surface area contributed by atoms with Gasteiger partial charge in [0.2, 0.25) is 0 Å². The number of fused-ring (bicyclic) bond motifs is 1. The Hall–Kier alpha value is -1.73. The van der Waals surface area contributed by atoms with Gasteiger partial charge in [0.25, 0.3) is 0 Å². The fourth-order valence-corrected chi connectivity index (χ4v) is 4.14. The molecule has 0 unspecified atom stereocenters. The van der Waals surface area contributed by atoms with Gasteiger partial charge in [-0.2, -0.15) is 5.10 Å². The SMILES string of the molecule is Cc1nn(COCC[Si](C)(C)C)c2ccc(Oc3c(Cl)cc(N)cc3Cl)cc12. The standard InChI is InChI=1S/C20H25Cl2N3O2Si/c1-13-16-11-15(27-20-17(21)9-14(23)10-18(20)22)5-6-19(16)25(24-13)12-26-7-8-28(2,3)4/h5-6,9-11H,7-8,12,23H2,1-4H3. The molecule has 0 aliphatic carbocycles. The minimum atomic E-state index is -1.10. The van der Waals surface area contributed by atoms with Crippen molar-refractivity contribution in [1.29, 1.82) is 0 Å². The molecule has 3 rings (SSSR count). The zero-order chi connectivity index (χ0) is 20.5. The number of aryl methyl sites for hydroxylation is 1. The number of nitrogen functional groups attached to an aromatic ring is 1. The predicted molar refractivity (Wildman–Crippen MR) is 120 cm³/mol. The molecule has 1 heterocycles. The molecule has 0 saturated carbocycles. The van der Waals surface area contributed by atoms with E-state index in [1.807, 2.05) is 29.8 Å². The fourth-order valence-electron chi connectivity index (χ4n) is 2.80. The van der Waals surface area contributed by atoms with Crippen molar-refractivity contribution in [2.24, 2.45) is 0 Å². The van der Waals surface area contributed by atoms with Crippen LogP contribution in [0.4, 0.5) is 5.69 Å². The van der Waals surface area contributed by atoms with Crippen LogP contribution in [0.15, 0.2) is 30.3 Å². The molecular formula is C20H25Cl2N3O2Si. The van der Waals surface area contributed by atoms with Gasteiger partial charge in [0, 0.05) is 25.8 Å². The molecule has 150 valence electrons. The van der Waals surface area contributed by atoms with Crippen molar-refractivity contribution >= 4 is 47.9 Å². The third-order valence-corrected chi connectivity index (χ3v) is 6.62. The van der Waals surface area contributed by atoms with Crippen molar-refractivity contribution in [3.63, 3.8) is 0 Å². The summed E-state index contributed by atoms with van der Waals surface area (Å²) in [5, 5.41) is 6.33. The second kappa shape index (κ2) is 8.33. The lowest BCUT2D eigenvalue weighted by molar-refractivity contribution is 0.0815. The lowest BCUT2D eigenvalue weighted by atomic mass is 10.2. The molecule has 0 atom stereocenters. The lowest BCUT2D eigenvalue weighted by Crippen LogP contribution is -2.22. The summed E-state index contributed by atoms with van der Waals surface area (Å²) in [6.45, 7) is 10.2. The molecular weight excluding hydrogens is 413 g/mol. The molecule has 2 aromatic carbocycles. The maximum Gasteiger partial charge on any atom is 0.164 e. The highest BCUT2D eigenvalue weighted by Gasteiger charge is 2.14. The van der Waals surface area contributed by atoms with Crippen molar-refractivity contribution in [1.82, 2.24) is 9.78 Å². The van der Waals surface area contributed by atoms with E-state index < -0.39 is 8.07 Å². The van der Waals surface area contributed by atoms with Gasteiger partial charge < -0.3 is 15.2 Å². The number of nitrogens with two attached hydrogens (primary N) is 1. The molecule has 28 heavy (non-hydrogen) atoms. The van der Waals surface area contributed by atoms with Crippen LogP contribution in [-0.4, -0.2) is 24.5 Å². The van der Waals surface area contributed by atoms with E-state index in [2.05, 4.69) is 24.7 Å². The van der Waals surface area contributed by atoms with Gasteiger partial charge >= 0.3 is 0 Å². The van der Waals surface area contributed by atoms with Crippen LogP contribution in [0.3, 0.4) is 0 Å². The van der Waals surface area contributed by atoms with Crippen molar-refractivity contribution in [2.75, 3.05) is 12.3 Å². The summed E-state index contributed by atoms with van der Waals surface area (Å²) in [5.41, 5.74) is 8.14. The number of halogens is 2. The van der Waals surface area contributed by atoms with Crippen LogP contribution in [0.25, 0.3) is 10.9 Å². The average molecular weight is 438 g/mol. The van der Waals surface area contributed by atoms with E-state index in [1.54, 1.807) is 12.1 Å². The van der Waals surface area contributed by atoms with Crippen LogP contribution in [0, 0.1) is 6.92 Å². The smallest absolute Gasteiger partial charge is 0.164 e. The normalized spacial score (nSPS) is 11.9. The van der Waals surface area contributed by atoms with Gasteiger partial charge in [-0.25, -0.2) is 4.68 Å². The molecule has 1 aromatic heterocycles. The van der Waals surface area contributed by atoms with Gasteiger partial charge in [0.05, 0.1) is 21.3 Å². The van der Waals surface area contributed by atoms with Crippen LogP contribution >= 0.6 is 23.2 Å². The first kappa shape index (κ1) is 21.0. The maximum absolute atomic E-state index is 6.22. The molecule has 2 N–H and O–H groups in total. The Morgan fingerprint density at radius 3 is 2.43 bits per heavy atom. The van der Waals surface area contributed by atoms with Crippen LogP contribution in [0.2, 0.25) is 35.7 Å². The summed E-state index contributed by atoms with van der Waals surface area (Å²) in [7, 11) is -1.10. The van der Waals surface area contributed by atoms with E-state index in [1.165, 1.54) is 0 Å². The van der Waals surface area contributed by atoms with E-state index in [0.29, 0.717) is 34.0 Å². The number of rotatable bonds is 7. The Morgan fingerprint density at radius 2 is 1.79 bits per heavy atom. The van der Waals surface area contributed by atoms with E-state index in [4.69, 9.17) is 38.4 Å². The van der Waals surface area contributed by atoms with E-state index in [9.17, 15) is 0 Å². The van der Waals surface area contributed by atoms with Crippen LogP contribution in [-0.2, 0) is 11.5 Å². The second-order valence-corrected chi connectivity index (χ2v) is 14.5. The van der Waals surface area contributed by atoms with Gasteiger partial charge in [-0.05, 0) is 43.3 Å². The molecule has 0 amide bonds. The highest BCUT2D eigenvalue weighted by atomic mass is 35.5. The second-order valence-electron chi connectivity index (χ2n) is 8.03. The predicted octanol–water partition coefficient (Wildman–Crippen LogP) is 6.34. The Morgan fingerprint density at radius 1 is 1.11 bits per heavy atom. The van der Waals surface area contributed by atoms with Crippen LogP contribution in [0.1, 0.15) is 5.69 Å². The summed E-state index contributed by atoms with van der Waals surface area (Å²) in [4.78, 5) is 0. The third-order valence-electron chi connectivity index (χ3n) is 4.36. The molecule has 0 aliphatic rings. The molecule has 8 heteroatoms. The summed E-state index contributed by atoms with van der Waals surface area (Å²) in [5.74, 6) is 1.01. The van der Waals surface area contributed by atoms with Gasteiger partial charge in [0.1, 0.15) is 12.5 Å². The topological polar surface area (TPSA) is 62.3 Å². The fraction of sp³-hybridized carbons (Fsp3) is 0.350. The number of benzene rings is 2. The number of hydrogen-bond acceptors (Lipinski definition) is 4. The van der Waals surface area contributed by atoms with Crippen molar-refractivity contribution < 1.29 is 9.47 Å². The maximum atomic E-state index is 6.22. The minimum Gasteiger partial charge on any atom is -0.454 e. The Kier molecular flexibility index (Phi) is 6.24. The number of aromatic nitrogens is 2. The quantitative estimate of drug-likeness (QED) is 0.266. The zero-order valence-electron chi connectivity index (χ0n) is 16.6. The number of hydrogen-bond donors (Lipinski definition) is 1. The molecule has 0 aliphatic heterocycles. The number of nitrogens with zero attached hydrogens (tertiary/aromatic N) is 2. The average Bonchev–Trinajstić information content (AvgIpc) is 2.90. The van der Waals surface area contributed by atoms with Crippen molar-refractivity contribution in [2.45, 2.75) is 39.3 Å². The molecule has 0 bridgehead atoms. The minimum absolute atomic E-state index is 0.369. The van der Waals surface area contributed by atoms with Gasteiger partial charge in [0.15, 0.2) is 5.75 Å². The highest BCUT2D eigenvalue weighted by Crippen LogP contribution is 2.38. The Labute approximate surface area is 176 Å². The Balaban J connectivity index is 1.78. The molecule has 0 fully saturated rings. The number of ether oxygens (including phenoxy) is 2.